The summed E-state index contributed by atoms with van der Waals surface area (Å²) in [4.78, 5) is 8.88. The highest BCUT2D eigenvalue weighted by Gasteiger charge is 2.07. The molecule has 0 unspecified atom stereocenters. The van der Waals surface area contributed by atoms with Crippen molar-refractivity contribution < 1.29 is 4.74 Å². The molecular formula is C14H16BrN3O. The second-order valence-corrected chi connectivity index (χ2v) is 4.91. The van der Waals surface area contributed by atoms with E-state index in [9.17, 15) is 0 Å². The molecule has 4 nitrogen and oxygen atoms in total. The van der Waals surface area contributed by atoms with Gasteiger partial charge in [0, 0.05) is 25.4 Å². The van der Waals surface area contributed by atoms with Crippen LogP contribution in [0.25, 0.3) is 11.4 Å². The molecule has 0 fully saturated rings. The van der Waals surface area contributed by atoms with E-state index < -0.39 is 0 Å². The first-order valence-electron chi connectivity index (χ1n) is 6.09. The Morgan fingerprint density at radius 3 is 2.95 bits per heavy atom. The predicted molar refractivity (Wildman–Crippen MR) is 80.0 cm³/mol. The zero-order valence-electron chi connectivity index (χ0n) is 11.0. The maximum Gasteiger partial charge on any atom is 0.161 e. The smallest absolute Gasteiger partial charge is 0.161 e. The molecule has 100 valence electrons. The van der Waals surface area contributed by atoms with Gasteiger partial charge in [-0.15, -0.1) is 0 Å². The average molecular weight is 322 g/mol. The molecule has 19 heavy (non-hydrogen) atoms. The fraction of sp³-hybridized carbons (Fsp3) is 0.286. The Kier molecular flexibility index (Phi) is 4.87. The van der Waals surface area contributed by atoms with Crippen LogP contribution in [0.3, 0.4) is 0 Å². The Bertz CT molecular complexity index is 560. The summed E-state index contributed by atoms with van der Waals surface area (Å²) >= 11 is 3.44. The molecular weight excluding hydrogens is 306 g/mol. The predicted octanol–water partition coefficient (Wildman–Crippen LogP) is 3.48. The molecule has 0 aliphatic carbocycles. The van der Waals surface area contributed by atoms with E-state index in [2.05, 4.69) is 31.2 Å². The standard InChI is InChI=1S/C14H16BrN3O/c1-3-16-14-12(15)8-17-13(18-14)11-6-4-5-10(7-11)9-19-2/h4-8H,3,9H2,1-2H3,(H,16,17,18). The number of methoxy groups -OCH3 is 1. The quantitative estimate of drug-likeness (QED) is 0.915. The van der Waals surface area contributed by atoms with Crippen LogP contribution in [0, 0.1) is 0 Å². The maximum atomic E-state index is 5.14. The van der Waals surface area contributed by atoms with Gasteiger partial charge >= 0.3 is 0 Å². The molecule has 0 saturated heterocycles. The van der Waals surface area contributed by atoms with Gasteiger partial charge in [0.05, 0.1) is 11.1 Å². The van der Waals surface area contributed by atoms with Crippen molar-refractivity contribution in [3.05, 3.63) is 40.5 Å². The molecule has 0 aliphatic heterocycles. The molecule has 0 radical (unpaired) electrons. The molecule has 0 amide bonds. The van der Waals surface area contributed by atoms with Crippen LogP contribution >= 0.6 is 15.9 Å². The fourth-order valence-corrected chi connectivity index (χ4v) is 2.10. The molecule has 0 spiro atoms. The van der Waals surface area contributed by atoms with Crippen molar-refractivity contribution in [3.63, 3.8) is 0 Å². The van der Waals surface area contributed by atoms with Gasteiger partial charge in [0.15, 0.2) is 5.82 Å². The maximum absolute atomic E-state index is 5.14. The molecule has 2 rings (SSSR count). The van der Waals surface area contributed by atoms with Gasteiger partial charge in [-0.05, 0) is 34.5 Å². The lowest BCUT2D eigenvalue weighted by atomic mass is 10.1. The second-order valence-electron chi connectivity index (χ2n) is 4.05. The fourth-order valence-electron chi connectivity index (χ4n) is 1.76. The van der Waals surface area contributed by atoms with Gasteiger partial charge in [-0.25, -0.2) is 9.97 Å². The van der Waals surface area contributed by atoms with Gasteiger partial charge in [0.1, 0.15) is 5.82 Å². The highest BCUT2D eigenvalue weighted by molar-refractivity contribution is 9.10. The van der Waals surface area contributed by atoms with Crippen molar-refractivity contribution in [2.75, 3.05) is 19.0 Å². The zero-order valence-corrected chi connectivity index (χ0v) is 12.6. The lowest BCUT2D eigenvalue weighted by Gasteiger charge is -2.08. The Balaban J connectivity index is 2.35. The third-order valence-electron chi connectivity index (χ3n) is 2.58. The van der Waals surface area contributed by atoms with Gasteiger partial charge in [0.2, 0.25) is 0 Å². The number of hydrogen-bond donors (Lipinski definition) is 1. The molecule has 1 aromatic carbocycles. The topological polar surface area (TPSA) is 47.0 Å². The van der Waals surface area contributed by atoms with E-state index in [-0.39, 0.29) is 0 Å². The van der Waals surface area contributed by atoms with Crippen LogP contribution in [0.2, 0.25) is 0 Å². The number of halogens is 1. The molecule has 1 aromatic heterocycles. The number of nitrogens with zero attached hydrogens (tertiary/aromatic N) is 2. The third-order valence-corrected chi connectivity index (χ3v) is 3.16. The number of aromatic nitrogens is 2. The minimum atomic E-state index is 0.588. The minimum Gasteiger partial charge on any atom is -0.380 e. The summed E-state index contributed by atoms with van der Waals surface area (Å²) in [5.74, 6) is 1.52. The van der Waals surface area contributed by atoms with Crippen molar-refractivity contribution in [2.45, 2.75) is 13.5 Å². The number of hydrogen-bond acceptors (Lipinski definition) is 4. The molecule has 5 heteroatoms. The van der Waals surface area contributed by atoms with E-state index in [0.29, 0.717) is 12.4 Å². The van der Waals surface area contributed by atoms with Crippen LogP contribution in [0.1, 0.15) is 12.5 Å². The van der Waals surface area contributed by atoms with Gasteiger partial charge in [0.25, 0.3) is 0 Å². The lowest BCUT2D eigenvalue weighted by molar-refractivity contribution is 0.185. The van der Waals surface area contributed by atoms with E-state index in [1.54, 1.807) is 13.3 Å². The Morgan fingerprint density at radius 1 is 1.37 bits per heavy atom. The summed E-state index contributed by atoms with van der Waals surface area (Å²) in [5, 5.41) is 3.20. The summed E-state index contributed by atoms with van der Waals surface area (Å²) < 4.78 is 6.01. The van der Waals surface area contributed by atoms with Crippen LogP contribution in [-0.4, -0.2) is 23.6 Å². The van der Waals surface area contributed by atoms with Gasteiger partial charge in [-0.1, -0.05) is 18.2 Å². The first kappa shape index (κ1) is 14.0. The zero-order chi connectivity index (χ0) is 13.7. The van der Waals surface area contributed by atoms with Crippen LogP contribution in [0.15, 0.2) is 34.9 Å². The van der Waals surface area contributed by atoms with Crippen LogP contribution < -0.4 is 5.32 Å². The normalized spacial score (nSPS) is 10.5. The van der Waals surface area contributed by atoms with Crippen LogP contribution in [0.5, 0.6) is 0 Å². The van der Waals surface area contributed by atoms with Gasteiger partial charge in [-0.3, -0.25) is 0 Å². The Hall–Kier alpha value is -1.46. The first-order chi connectivity index (χ1) is 9.24. The van der Waals surface area contributed by atoms with Gasteiger partial charge in [-0.2, -0.15) is 0 Å². The first-order valence-corrected chi connectivity index (χ1v) is 6.88. The van der Waals surface area contributed by atoms with Crippen molar-refractivity contribution in [2.24, 2.45) is 0 Å². The molecule has 0 bridgehead atoms. The van der Waals surface area contributed by atoms with E-state index in [4.69, 9.17) is 4.74 Å². The van der Waals surface area contributed by atoms with Gasteiger partial charge < -0.3 is 10.1 Å². The molecule has 0 atom stereocenters. The molecule has 1 heterocycles. The van der Waals surface area contributed by atoms with Crippen molar-refractivity contribution in [1.29, 1.82) is 0 Å². The number of benzene rings is 1. The molecule has 1 N–H and O–H groups in total. The summed E-state index contributed by atoms with van der Waals surface area (Å²) in [7, 11) is 1.69. The number of nitrogens with one attached hydrogen (secondary N) is 1. The van der Waals surface area contributed by atoms with E-state index in [1.807, 2.05) is 31.2 Å². The highest BCUT2D eigenvalue weighted by Crippen LogP contribution is 2.23. The molecule has 0 aliphatic rings. The van der Waals surface area contributed by atoms with E-state index in [0.717, 1.165) is 28.0 Å². The SMILES string of the molecule is CCNc1nc(-c2cccc(COC)c2)ncc1Br. The lowest BCUT2D eigenvalue weighted by Crippen LogP contribution is -2.02. The summed E-state index contributed by atoms with van der Waals surface area (Å²) in [6, 6.07) is 8.06. The largest absolute Gasteiger partial charge is 0.380 e. The van der Waals surface area contributed by atoms with E-state index >= 15 is 0 Å². The molecule has 0 saturated carbocycles. The van der Waals surface area contributed by atoms with Crippen molar-refractivity contribution >= 4 is 21.7 Å². The average Bonchev–Trinajstić information content (AvgIpc) is 2.42. The number of anilines is 1. The number of ether oxygens (including phenoxy) is 1. The number of rotatable bonds is 5. The van der Waals surface area contributed by atoms with Crippen LogP contribution in [0.4, 0.5) is 5.82 Å². The summed E-state index contributed by atoms with van der Waals surface area (Å²) in [6.07, 6.45) is 1.77. The monoisotopic (exact) mass is 321 g/mol. The molecule has 2 aromatic rings. The van der Waals surface area contributed by atoms with Crippen molar-refractivity contribution in [1.82, 2.24) is 9.97 Å². The minimum absolute atomic E-state index is 0.588. The Labute approximate surface area is 121 Å². The van der Waals surface area contributed by atoms with Crippen LogP contribution in [-0.2, 0) is 11.3 Å². The van der Waals surface area contributed by atoms with E-state index in [1.165, 1.54) is 0 Å². The summed E-state index contributed by atoms with van der Waals surface area (Å²) in [5.41, 5.74) is 2.10. The third kappa shape index (κ3) is 3.52. The van der Waals surface area contributed by atoms with Crippen molar-refractivity contribution in [3.8, 4) is 11.4 Å². The highest BCUT2D eigenvalue weighted by atomic mass is 79.9. The second kappa shape index (κ2) is 6.63. The Morgan fingerprint density at radius 2 is 2.21 bits per heavy atom. The summed E-state index contributed by atoms with van der Waals surface area (Å²) in [6.45, 7) is 3.44.